The second-order valence-electron chi connectivity index (χ2n) is 6.56. The first-order valence-electron chi connectivity index (χ1n) is 9.26. The minimum Gasteiger partial charge on any atom is -0.441 e. The first-order valence-corrected chi connectivity index (χ1v) is 9.26. The highest BCUT2D eigenvalue weighted by Crippen LogP contribution is 2.20. The Morgan fingerprint density at radius 2 is 2.00 bits per heavy atom. The van der Waals surface area contributed by atoms with Crippen molar-refractivity contribution in [3.63, 3.8) is 0 Å². The lowest BCUT2D eigenvalue weighted by Gasteiger charge is -2.21. The molecule has 1 aliphatic rings. The van der Waals surface area contributed by atoms with Crippen molar-refractivity contribution in [3.8, 4) is 11.3 Å². The molecular formula is C20H27N3O2. The Hall–Kier alpha value is -2.14. The zero-order valence-corrected chi connectivity index (χ0v) is 15.0. The normalized spacial score (nSPS) is 16.0. The summed E-state index contributed by atoms with van der Waals surface area (Å²) in [5, 5.41) is 0. The summed E-state index contributed by atoms with van der Waals surface area (Å²) in [6, 6.07) is 9.91. The van der Waals surface area contributed by atoms with Crippen molar-refractivity contribution in [3.05, 3.63) is 42.4 Å². The zero-order valence-electron chi connectivity index (χ0n) is 15.0. The van der Waals surface area contributed by atoms with E-state index in [9.17, 15) is 4.79 Å². The summed E-state index contributed by atoms with van der Waals surface area (Å²) in [7, 11) is 0. The summed E-state index contributed by atoms with van der Waals surface area (Å²) in [4.78, 5) is 21.3. The second kappa shape index (κ2) is 8.81. The van der Waals surface area contributed by atoms with Crippen LogP contribution in [0.3, 0.4) is 0 Å². The molecule has 5 heteroatoms. The second-order valence-corrected chi connectivity index (χ2v) is 6.56. The molecule has 5 nitrogen and oxygen atoms in total. The predicted octanol–water partition coefficient (Wildman–Crippen LogP) is 3.22. The number of benzene rings is 1. The number of carbonyl (C=O) groups excluding carboxylic acids is 1. The Labute approximate surface area is 149 Å². The number of aromatic nitrogens is 1. The number of nitrogens with zero attached hydrogens (tertiary/aromatic N) is 3. The van der Waals surface area contributed by atoms with Crippen LogP contribution in [-0.4, -0.2) is 53.4 Å². The van der Waals surface area contributed by atoms with Crippen LogP contribution >= 0.6 is 0 Å². The Bertz CT molecular complexity index is 669. The van der Waals surface area contributed by atoms with Gasteiger partial charge in [0.1, 0.15) is 0 Å². The van der Waals surface area contributed by atoms with E-state index in [-0.39, 0.29) is 5.91 Å². The maximum absolute atomic E-state index is 12.5. The van der Waals surface area contributed by atoms with E-state index in [1.807, 2.05) is 35.2 Å². The molecule has 0 unspecified atom stereocenters. The predicted molar refractivity (Wildman–Crippen MR) is 98.2 cm³/mol. The Kier molecular flexibility index (Phi) is 6.23. The van der Waals surface area contributed by atoms with Crippen LogP contribution in [0.15, 0.2) is 40.9 Å². The van der Waals surface area contributed by atoms with Crippen LogP contribution in [0.4, 0.5) is 0 Å². The van der Waals surface area contributed by atoms with Crippen LogP contribution in [0.25, 0.3) is 11.3 Å². The van der Waals surface area contributed by atoms with Crippen molar-refractivity contribution in [2.24, 2.45) is 0 Å². The van der Waals surface area contributed by atoms with Gasteiger partial charge in [0.15, 0.2) is 11.7 Å². The number of hydrogen-bond donors (Lipinski definition) is 0. The summed E-state index contributed by atoms with van der Waals surface area (Å²) >= 11 is 0. The highest BCUT2D eigenvalue weighted by Gasteiger charge is 2.19. The molecule has 1 aromatic heterocycles. The van der Waals surface area contributed by atoms with Gasteiger partial charge in [-0.1, -0.05) is 37.3 Å². The van der Waals surface area contributed by atoms with Gasteiger partial charge >= 0.3 is 0 Å². The van der Waals surface area contributed by atoms with Gasteiger partial charge in [0.2, 0.25) is 5.91 Å². The number of rotatable bonds is 6. The van der Waals surface area contributed by atoms with E-state index in [0.717, 1.165) is 50.5 Å². The molecule has 0 atom stereocenters. The highest BCUT2D eigenvalue weighted by atomic mass is 16.4. The van der Waals surface area contributed by atoms with Crippen LogP contribution in [0.5, 0.6) is 0 Å². The average molecular weight is 341 g/mol. The Balaban J connectivity index is 1.50. The van der Waals surface area contributed by atoms with Crippen LogP contribution in [0.1, 0.15) is 32.1 Å². The van der Waals surface area contributed by atoms with E-state index in [2.05, 4.69) is 16.8 Å². The van der Waals surface area contributed by atoms with Gasteiger partial charge in [0, 0.05) is 38.0 Å². The molecule has 1 saturated heterocycles. The molecule has 0 bridgehead atoms. The van der Waals surface area contributed by atoms with E-state index in [0.29, 0.717) is 18.7 Å². The molecule has 0 aliphatic carbocycles. The third-order valence-corrected chi connectivity index (χ3v) is 4.65. The highest BCUT2D eigenvalue weighted by molar-refractivity contribution is 5.76. The summed E-state index contributed by atoms with van der Waals surface area (Å²) in [6.45, 7) is 7.10. The van der Waals surface area contributed by atoms with Gasteiger partial charge in [-0.3, -0.25) is 4.79 Å². The zero-order chi connectivity index (χ0) is 17.5. The number of carbonyl (C=O) groups is 1. The maximum Gasteiger partial charge on any atom is 0.223 e. The average Bonchev–Trinajstić information content (AvgIpc) is 3.00. The fourth-order valence-corrected chi connectivity index (χ4v) is 3.29. The van der Waals surface area contributed by atoms with E-state index >= 15 is 0 Å². The van der Waals surface area contributed by atoms with Gasteiger partial charge in [-0.25, -0.2) is 4.98 Å². The minimum atomic E-state index is 0.206. The monoisotopic (exact) mass is 341 g/mol. The first kappa shape index (κ1) is 17.7. The number of oxazole rings is 1. The molecule has 1 amide bonds. The number of hydrogen-bond acceptors (Lipinski definition) is 4. The van der Waals surface area contributed by atoms with E-state index in [1.165, 1.54) is 6.42 Å². The summed E-state index contributed by atoms with van der Waals surface area (Å²) < 4.78 is 5.79. The molecule has 3 rings (SSSR count). The van der Waals surface area contributed by atoms with Gasteiger partial charge in [-0.05, 0) is 25.9 Å². The van der Waals surface area contributed by atoms with Crippen LogP contribution < -0.4 is 0 Å². The van der Waals surface area contributed by atoms with Crippen molar-refractivity contribution >= 4 is 5.91 Å². The molecule has 0 N–H and O–H groups in total. The fourth-order valence-electron chi connectivity index (χ4n) is 3.29. The third kappa shape index (κ3) is 4.92. The summed E-state index contributed by atoms with van der Waals surface area (Å²) in [5.74, 6) is 1.60. The van der Waals surface area contributed by atoms with Crippen molar-refractivity contribution in [2.45, 2.75) is 32.6 Å². The molecule has 1 aliphatic heterocycles. The molecule has 0 saturated carbocycles. The topological polar surface area (TPSA) is 49.6 Å². The molecule has 2 heterocycles. The fraction of sp³-hybridized carbons (Fsp3) is 0.500. The molecule has 2 aromatic rings. The first-order chi connectivity index (χ1) is 12.3. The molecule has 1 aromatic carbocycles. The lowest BCUT2D eigenvalue weighted by molar-refractivity contribution is -0.131. The molecular weight excluding hydrogens is 314 g/mol. The standard InChI is InChI=1S/C20H27N3O2/c1-2-11-22-12-6-13-23(15-14-22)20(24)10-9-19-21-16-18(25-19)17-7-4-3-5-8-17/h3-5,7-8,16H,2,6,9-15H2,1H3. The molecule has 134 valence electrons. The van der Waals surface area contributed by atoms with E-state index in [4.69, 9.17) is 4.42 Å². The molecule has 0 radical (unpaired) electrons. The van der Waals surface area contributed by atoms with Gasteiger partial charge in [0.05, 0.1) is 6.20 Å². The van der Waals surface area contributed by atoms with Gasteiger partial charge in [0.25, 0.3) is 0 Å². The van der Waals surface area contributed by atoms with Crippen LogP contribution in [0.2, 0.25) is 0 Å². The largest absolute Gasteiger partial charge is 0.441 e. The van der Waals surface area contributed by atoms with Crippen molar-refractivity contribution in [1.29, 1.82) is 0 Å². The van der Waals surface area contributed by atoms with Gasteiger partial charge in [-0.15, -0.1) is 0 Å². The molecule has 0 spiro atoms. The van der Waals surface area contributed by atoms with Crippen molar-refractivity contribution < 1.29 is 9.21 Å². The van der Waals surface area contributed by atoms with E-state index < -0.39 is 0 Å². The lowest BCUT2D eigenvalue weighted by Crippen LogP contribution is -2.35. The van der Waals surface area contributed by atoms with E-state index in [1.54, 1.807) is 6.20 Å². The van der Waals surface area contributed by atoms with Crippen LogP contribution in [-0.2, 0) is 11.2 Å². The quantitative estimate of drug-likeness (QED) is 0.809. The Morgan fingerprint density at radius 1 is 1.16 bits per heavy atom. The summed E-state index contributed by atoms with van der Waals surface area (Å²) in [6.07, 6.45) is 4.98. The molecule has 1 fully saturated rings. The van der Waals surface area contributed by atoms with Crippen LogP contribution in [0, 0.1) is 0 Å². The van der Waals surface area contributed by atoms with Crippen molar-refractivity contribution in [1.82, 2.24) is 14.8 Å². The number of aryl methyl sites for hydroxylation is 1. The minimum absolute atomic E-state index is 0.206. The SMILES string of the molecule is CCCN1CCCN(C(=O)CCc2ncc(-c3ccccc3)o2)CC1. The maximum atomic E-state index is 12.5. The number of amides is 1. The Morgan fingerprint density at radius 3 is 2.80 bits per heavy atom. The van der Waals surface area contributed by atoms with Crippen molar-refractivity contribution in [2.75, 3.05) is 32.7 Å². The third-order valence-electron chi connectivity index (χ3n) is 4.65. The van der Waals surface area contributed by atoms with Gasteiger partial charge in [-0.2, -0.15) is 0 Å². The molecule has 25 heavy (non-hydrogen) atoms. The smallest absolute Gasteiger partial charge is 0.223 e. The summed E-state index contributed by atoms with van der Waals surface area (Å²) in [5.41, 5.74) is 1.01. The lowest BCUT2D eigenvalue weighted by atomic mass is 10.2. The van der Waals surface area contributed by atoms with Gasteiger partial charge < -0.3 is 14.2 Å².